The summed E-state index contributed by atoms with van der Waals surface area (Å²) in [5.74, 6) is 0. The van der Waals surface area contributed by atoms with Gasteiger partial charge in [0.1, 0.15) is 9.21 Å². The molecule has 0 aliphatic rings. The minimum atomic E-state index is -3.52. The van der Waals surface area contributed by atoms with Gasteiger partial charge in [-0.05, 0) is 43.7 Å². The number of hydrogen-bond acceptors (Lipinski definition) is 4. The molecule has 0 saturated carbocycles. The van der Waals surface area contributed by atoms with Crippen molar-refractivity contribution in [3.8, 4) is 10.4 Å². The highest BCUT2D eigenvalue weighted by molar-refractivity contribution is 7.95. The first-order chi connectivity index (χ1) is 10.4. The molecule has 3 rings (SSSR count). The van der Waals surface area contributed by atoms with Crippen LogP contribution in [0.25, 0.3) is 10.4 Å². The lowest BCUT2D eigenvalue weighted by molar-refractivity contribution is 0.603. The van der Waals surface area contributed by atoms with Crippen LogP contribution in [0.1, 0.15) is 10.4 Å². The van der Waals surface area contributed by atoms with Crippen LogP contribution in [0, 0.1) is 13.8 Å². The van der Waals surface area contributed by atoms with Crippen LogP contribution in [0.2, 0.25) is 0 Å². The molecule has 0 aliphatic carbocycles. The van der Waals surface area contributed by atoms with Gasteiger partial charge >= 0.3 is 0 Å². The van der Waals surface area contributed by atoms with E-state index in [1.54, 1.807) is 12.1 Å². The third-order valence-corrected chi connectivity index (χ3v) is 7.19. The summed E-state index contributed by atoms with van der Waals surface area (Å²) in [6.07, 6.45) is 0. The molecular weight excluding hydrogens is 334 g/mol. The van der Waals surface area contributed by atoms with Gasteiger partial charge in [-0.15, -0.1) is 22.7 Å². The van der Waals surface area contributed by atoms with Crippen LogP contribution in [0.15, 0.2) is 52.7 Å². The van der Waals surface area contributed by atoms with Crippen molar-refractivity contribution in [2.45, 2.75) is 18.1 Å². The van der Waals surface area contributed by atoms with Crippen LogP contribution >= 0.6 is 22.7 Å². The van der Waals surface area contributed by atoms with Crippen molar-refractivity contribution in [2.24, 2.45) is 0 Å². The van der Waals surface area contributed by atoms with Crippen molar-refractivity contribution >= 4 is 37.7 Å². The highest BCUT2D eigenvalue weighted by atomic mass is 32.2. The summed E-state index contributed by atoms with van der Waals surface area (Å²) in [7, 11) is -3.52. The summed E-state index contributed by atoms with van der Waals surface area (Å²) >= 11 is 2.71. The molecule has 3 nitrogen and oxygen atoms in total. The Morgan fingerprint density at radius 3 is 2.23 bits per heavy atom. The van der Waals surface area contributed by atoms with Crippen molar-refractivity contribution in [1.29, 1.82) is 0 Å². The molecule has 22 heavy (non-hydrogen) atoms. The lowest BCUT2D eigenvalue weighted by Crippen LogP contribution is -2.10. The fourth-order valence-corrected chi connectivity index (χ4v) is 5.38. The van der Waals surface area contributed by atoms with E-state index in [0.717, 1.165) is 15.3 Å². The summed E-state index contributed by atoms with van der Waals surface area (Å²) in [6, 6.07) is 15.2. The molecule has 2 aromatic heterocycles. The monoisotopic (exact) mass is 349 g/mol. The lowest BCUT2D eigenvalue weighted by atomic mass is 10.1. The van der Waals surface area contributed by atoms with Crippen LogP contribution in [0.5, 0.6) is 0 Å². The number of anilines is 1. The zero-order valence-electron chi connectivity index (χ0n) is 12.2. The highest BCUT2D eigenvalue weighted by Crippen LogP contribution is 2.32. The van der Waals surface area contributed by atoms with Crippen LogP contribution in [-0.4, -0.2) is 8.42 Å². The van der Waals surface area contributed by atoms with Crippen molar-refractivity contribution in [1.82, 2.24) is 0 Å². The first-order valence-electron chi connectivity index (χ1n) is 6.70. The second-order valence-electron chi connectivity index (χ2n) is 5.00. The molecular formula is C16H15NO2S3. The van der Waals surface area contributed by atoms with Crippen LogP contribution in [0.3, 0.4) is 0 Å². The molecule has 0 radical (unpaired) electrons. The smallest absolute Gasteiger partial charge is 0.270 e. The number of nitrogens with one attached hydrogen (secondary N) is 1. The summed E-state index contributed by atoms with van der Waals surface area (Å²) in [5.41, 5.74) is 2.21. The Hall–Kier alpha value is -1.63. The molecule has 1 N–H and O–H groups in total. The third kappa shape index (κ3) is 3.24. The maximum absolute atomic E-state index is 12.4. The molecule has 0 atom stereocenters. The average molecular weight is 350 g/mol. The third-order valence-electron chi connectivity index (χ3n) is 3.16. The molecule has 2 heterocycles. The van der Waals surface area contributed by atoms with E-state index in [9.17, 15) is 8.42 Å². The maximum atomic E-state index is 12.4. The Balaban J connectivity index is 1.87. The first-order valence-corrected chi connectivity index (χ1v) is 9.82. The van der Waals surface area contributed by atoms with E-state index in [2.05, 4.69) is 4.72 Å². The molecule has 0 spiro atoms. The Kier molecular flexibility index (Phi) is 4.08. The van der Waals surface area contributed by atoms with Crippen molar-refractivity contribution in [3.63, 3.8) is 0 Å². The number of thiophene rings is 2. The first kappa shape index (κ1) is 15.3. The number of benzene rings is 1. The van der Waals surface area contributed by atoms with Crippen molar-refractivity contribution in [2.75, 3.05) is 4.72 Å². The van der Waals surface area contributed by atoms with Gasteiger partial charge in [-0.1, -0.05) is 29.8 Å². The maximum Gasteiger partial charge on any atom is 0.272 e. The van der Waals surface area contributed by atoms with Gasteiger partial charge in [0.2, 0.25) is 0 Å². The highest BCUT2D eigenvalue weighted by Gasteiger charge is 2.18. The number of aryl methyl sites for hydroxylation is 2. The van der Waals surface area contributed by atoms with Gasteiger partial charge < -0.3 is 0 Å². The van der Waals surface area contributed by atoms with E-state index >= 15 is 0 Å². The summed E-state index contributed by atoms with van der Waals surface area (Å²) < 4.78 is 27.8. The van der Waals surface area contributed by atoms with E-state index < -0.39 is 10.0 Å². The topological polar surface area (TPSA) is 46.2 Å². The van der Waals surface area contributed by atoms with Crippen molar-refractivity contribution in [3.05, 3.63) is 59.0 Å². The van der Waals surface area contributed by atoms with E-state index in [1.165, 1.54) is 28.2 Å². The Morgan fingerprint density at radius 2 is 1.59 bits per heavy atom. The minimum absolute atomic E-state index is 0.328. The van der Waals surface area contributed by atoms with Gasteiger partial charge in [-0.3, -0.25) is 4.72 Å². The second-order valence-corrected chi connectivity index (χ2v) is 9.28. The molecule has 114 valence electrons. The number of hydrogen-bond donors (Lipinski definition) is 1. The Labute approximate surface area is 138 Å². The fourth-order valence-electron chi connectivity index (χ4n) is 2.01. The largest absolute Gasteiger partial charge is 0.272 e. The van der Waals surface area contributed by atoms with Crippen LogP contribution in [-0.2, 0) is 10.0 Å². The quantitative estimate of drug-likeness (QED) is 0.728. The lowest BCUT2D eigenvalue weighted by Gasteiger charge is -2.03. The van der Waals surface area contributed by atoms with Crippen molar-refractivity contribution < 1.29 is 8.42 Å². The van der Waals surface area contributed by atoms with E-state index in [4.69, 9.17) is 0 Å². The second kappa shape index (κ2) is 5.87. The fraction of sp³-hybridized carbons (Fsp3) is 0.125. The van der Waals surface area contributed by atoms with Gasteiger partial charge in [0.15, 0.2) is 0 Å². The molecule has 0 bridgehead atoms. The minimum Gasteiger partial charge on any atom is -0.270 e. The molecule has 1 aromatic carbocycles. The zero-order valence-corrected chi connectivity index (χ0v) is 14.6. The van der Waals surface area contributed by atoms with Gasteiger partial charge in [0, 0.05) is 9.75 Å². The molecule has 0 fully saturated rings. The molecule has 0 amide bonds. The van der Waals surface area contributed by atoms with Gasteiger partial charge in [-0.25, -0.2) is 8.42 Å². The zero-order chi connectivity index (χ0) is 15.7. The molecule has 0 unspecified atom stereocenters. The normalized spacial score (nSPS) is 11.5. The Bertz CT molecular complexity index is 890. The summed E-state index contributed by atoms with van der Waals surface area (Å²) in [4.78, 5) is 2.02. The predicted molar refractivity (Wildman–Crippen MR) is 94.4 cm³/mol. The van der Waals surface area contributed by atoms with Crippen LogP contribution < -0.4 is 4.72 Å². The number of sulfonamides is 1. The molecule has 0 aliphatic heterocycles. The summed E-state index contributed by atoms with van der Waals surface area (Å²) in [6.45, 7) is 3.98. The van der Waals surface area contributed by atoms with Crippen LogP contribution in [0.4, 0.5) is 5.00 Å². The van der Waals surface area contributed by atoms with Gasteiger partial charge in [-0.2, -0.15) is 0 Å². The average Bonchev–Trinajstić information content (AvgIpc) is 3.09. The SMILES string of the molecule is Cc1ccc(-c2ccc(S(=O)(=O)Nc3ccc(C)s3)s2)cc1. The van der Waals surface area contributed by atoms with E-state index in [0.29, 0.717) is 9.21 Å². The molecule has 6 heteroatoms. The molecule has 3 aromatic rings. The van der Waals surface area contributed by atoms with E-state index in [1.807, 2.05) is 50.2 Å². The van der Waals surface area contributed by atoms with Gasteiger partial charge in [0.25, 0.3) is 10.0 Å². The Morgan fingerprint density at radius 1 is 0.864 bits per heavy atom. The summed E-state index contributed by atoms with van der Waals surface area (Å²) in [5, 5.41) is 0.641. The standard InChI is InChI=1S/C16H15NO2S3/c1-11-3-6-13(7-4-11)14-8-10-16(21-14)22(18,19)17-15-9-5-12(2)20-15/h3-10,17H,1-2H3. The number of rotatable bonds is 4. The predicted octanol–water partition coefficient (Wildman–Crippen LogP) is 4.89. The van der Waals surface area contributed by atoms with Gasteiger partial charge in [0.05, 0.1) is 0 Å². The molecule has 0 saturated heterocycles. The van der Waals surface area contributed by atoms with E-state index in [-0.39, 0.29) is 0 Å².